The van der Waals surface area contributed by atoms with Crippen molar-refractivity contribution in [2.45, 2.75) is 31.8 Å². The molecule has 1 aromatic rings. The third-order valence-corrected chi connectivity index (χ3v) is 2.91. The molecular weight excluding hydrogens is 188 g/mol. The van der Waals surface area contributed by atoms with Crippen LogP contribution >= 0.6 is 11.6 Å². The molecule has 1 N–H and O–H groups in total. The fourth-order valence-corrected chi connectivity index (χ4v) is 1.82. The molecule has 0 amide bonds. The first-order valence-electron chi connectivity index (χ1n) is 4.69. The quantitative estimate of drug-likeness (QED) is 0.813. The number of halogens is 1. The Hall–Kier alpha value is -0.470. The topological polar surface area (TPSA) is 33.4 Å². The highest BCUT2D eigenvalue weighted by atomic mass is 35.5. The molecule has 1 heterocycles. The van der Waals surface area contributed by atoms with Crippen molar-refractivity contribution < 1.29 is 9.52 Å². The first-order valence-corrected chi connectivity index (χ1v) is 5.07. The second-order valence-corrected chi connectivity index (χ2v) is 4.06. The van der Waals surface area contributed by atoms with E-state index in [4.69, 9.17) is 16.0 Å². The van der Waals surface area contributed by atoms with Crippen LogP contribution in [0.1, 0.15) is 37.5 Å². The number of furan rings is 1. The number of aliphatic hydroxyl groups excluding tert-OH is 1. The molecule has 1 unspecified atom stereocenters. The second-order valence-electron chi connectivity index (χ2n) is 3.69. The van der Waals surface area contributed by atoms with Gasteiger partial charge in [0.2, 0.25) is 0 Å². The highest BCUT2D eigenvalue weighted by Gasteiger charge is 2.23. The molecule has 0 radical (unpaired) electrons. The zero-order chi connectivity index (χ0) is 9.26. The molecule has 0 spiro atoms. The summed E-state index contributed by atoms with van der Waals surface area (Å²) in [7, 11) is 0. The minimum atomic E-state index is -0.474. The van der Waals surface area contributed by atoms with Crippen molar-refractivity contribution in [1.82, 2.24) is 0 Å². The Kier molecular flexibility index (Phi) is 2.61. The number of rotatable bonds is 3. The summed E-state index contributed by atoms with van der Waals surface area (Å²) in [6.45, 7) is 0. The summed E-state index contributed by atoms with van der Waals surface area (Å²) in [6.07, 6.45) is 4.12. The smallest absolute Gasteiger partial charge is 0.193 e. The first-order chi connectivity index (χ1) is 6.25. The van der Waals surface area contributed by atoms with Gasteiger partial charge in [-0.25, -0.2) is 0 Å². The van der Waals surface area contributed by atoms with E-state index in [0.717, 1.165) is 6.42 Å². The summed E-state index contributed by atoms with van der Waals surface area (Å²) in [4.78, 5) is 0. The lowest BCUT2D eigenvalue weighted by Crippen LogP contribution is -2.14. The fourth-order valence-electron chi connectivity index (χ4n) is 1.67. The van der Waals surface area contributed by atoms with E-state index in [1.807, 2.05) is 0 Å². The van der Waals surface area contributed by atoms with E-state index in [1.165, 1.54) is 19.3 Å². The minimum absolute atomic E-state index is 0.350. The maximum atomic E-state index is 9.72. The van der Waals surface area contributed by atoms with E-state index >= 15 is 0 Å². The molecule has 2 nitrogen and oxygen atoms in total. The van der Waals surface area contributed by atoms with Gasteiger partial charge in [0.15, 0.2) is 5.22 Å². The van der Waals surface area contributed by atoms with Gasteiger partial charge in [-0.05, 0) is 36.1 Å². The van der Waals surface area contributed by atoms with Crippen LogP contribution in [0.5, 0.6) is 0 Å². The number of aliphatic hydroxyl groups is 1. The van der Waals surface area contributed by atoms with Gasteiger partial charge in [0.1, 0.15) is 11.9 Å². The lowest BCUT2D eigenvalue weighted by Gasteiger charge is -2.26. The molecule has 3 heteroatoms. The van der Waals surface area contributed by atoms with Crippen LogP contribution in [0.4, 0.5) is 0 Å². The molecule has 1 aliphatic carbocycles. The third kappa shape index (κ3) is 2.06. The Balaban J connectivity index is 1.92. The van der Waals surface area contributed by atoms with Crippen LogP contribution in [0.2, 0.25) is 5.22 Å². The zero-order valence-electron chi connectivity index (χ0n) is 7.37. The lowest BCUT2D eigenvalue weighted by atomic mass is 9.81. The molecule has 1 fully saturated rings. The number of hydrogen-bond acceptors (Lipinski definition) is 2. The maximum Gasteiger partial charge on any atom is 0.193 e. The predicted molar refractivity (Wildman–Crippen MR) is 50.6 cm³/mol. The van der Waals surface area contributed by atoms with Gasteiger partial charge < -0.3 is 9.52 Å². The predicted octanol–water partition coefficient (Wildman–Crippen LogP) is 3.16. The minimum Gasteiger partial charge on any atom is -0.447 e. The van der Waals surface area contributed by atoms with Gasteiger partial charge in [0, 0.05) is 0 Å². The van der Waals surface area contributed by atoms with Crippen molar-refractivity contribution in [3.05, 3.63) is 23.1 Å². The van der Waals surface area contributed by atoms with Crippen LogP contribution in [-0.4, -0.2) is 5.11 Å². The van der Waals surface area contributed by atoms with E-state index < -0.39 is 6.10 Å². The van der Waals surface area contributed by atoms with Gasteiger partial charge in [-0.15, -0.1) is 0 Å². The molecule has 0 aromatic carbocycles. The normalized spacial score (nSPS) is 19.8. The van der Waals surface area contributed by atoms with E-state index in [-0.39, 0.29) is 0 Å². The van der Waals surface area contributed by atoms with Crippen molar-refractivity contribution in [1.29, 1.82) is 0 Å². The summed E-state index contributed by atoms with van der Waals surface area (Å²) in [5.41, 5.74) is 0. The summed E-state index contributed by atoms with van der Waals surface area (Å²) in [5, 5.41) is 10.1. The molecule has 0 aliphatic heterocycles. The summed E-state index contributed by atoms with van der Waals surface area (Å²) >= 11 is 5.61. The Morgan fingerprint density at radius 1 is 1.54 bits per heavy atom. The Morgan fingerprint density at radius 3 is 2.77 bits per heavy atom. The van der Waals surface area contributed by atoms with Crippen LogP contribution in [0.25, 0.3) is 0 Å². The van der Waals surface area contributed by atoms with E-state index in [2.05, 4.69) is 0 Å². The molecule has 1 saturated carbocycles. The second kappa shape index (κ2) is 3.72. The van der Waals surface area contributed by atoms with Gasteiger partial charge in [-0.3, -0.25) is 0 Å². The zero-order valence-corrected chi connectivity index (χ0v) is 8.13. The monoisotopic (exact) mass is 200 g/mol. The van der Waals surface area contributed by atoms with Crippen molar-refractivity contribution in [2.75, 3.05) is 0 Å². The molecule has 0 bridgehead atoms. The first kappa shape index (κ1) is 9.10. The number of hydrogen-bond donors (Lipinski definition) is 1. The molecule has 0 saturated heterocycles. The molecule has 13 heavy (non-hydrogen) atoms. The largest absolute Gasteiger partial charge is 0.447 e. The lowest BCUT2D eigenvalue weighted by molar-refractivity contribution is 0.0985. The van der Waals surface area contributed by atoms with E-state index in [0.29, 0.717) is 16.9 Å². The van der Waals surface area contributed by atoms with Gasteiger partial charge >= 0.3 is 0 Å². The van der Waals surface area contributed by atoms with Gasteiger partial charge in [-0.2, -0.15) is 0 Å². The standard InChI is InChI=1S/C10H13ClO2/c11-10-5-4-9(13-10)8(12)6-7-2-1-3-7/h4-5,7-8,12H,1-3,6H2. The molecule has 1 aromatic heterocycles. The fraction of sp³-hybridized carbons (Fsp3) is 0.600. The SMILES string of the molecule is OC(CC1CCC1)c1ccc(Cl)o1. The highest BCUT2D eigenvalue weighted by Crippen LogP contribution is 2.35. The van der Waals surface area contributed by atoms with Crippen molar-refractivity contribution in [3.8, 4) is 0 Å². The molecular formula is C10H13ClO2. The molecule has 2 rings (SSSR count). The Labute approximate surface area is 82.5 Å². The van der Waals surface area contributed by atoms with Gasteiger partial charge in [0.05, 0.1) is 0 Å². The summed E-state index contributed by atoms with van der Waals surface area (Å²) in [6, 6.07) is 3.41. The molecule has 1 aliphatic rings. The van der Waals surface area contributed by atoms with Gasteiger partial charge in [-0.1, -0.05) is 19.3 Å². The maximum absolute atomic E-state index is 9.72. The third-order valence-electron chi connectivity index (χ3n) is 2.70. The van der Waals surface area contributed by atoms with Crippen LogP contribution in [-0.2, 0) is 0 Å². The van der Waals surface area contributed by atoms with Crippen molar-refractivity contribution >= 4 is 11.6 Å². The molecule has 72 valence electrons. The average Bonchev–Trinajstić information content (AvgIpc) is 2.44. The van der Waals surface area contributed by atoms with Crippen LogP contribution < -0.4 is 0 Å². The van der Waals surface area contributed by atoms with Gasteiger partial charge in [0.25, 0.3) is 0 Å². The Morgan fingerprint density at radius 2 is 2.31 bits per heavy atom. The van der Waals surface area contributed by atoms with Crippen LogP contribution in [0, 0.1) is 5.92 Å². The molecule has 1 atom stereocenters. The average molecular weight is 201 g/mol. The van der Waals surface area contributed by atoms with Crippen LogP contribution in [0.3, 0.4) is 0 Å². The highest BCUT2D eigenvalue weighted by molar-refractivity contribution is 6.28. The van der Waals surface area contributed by atoms with Crippen LogP contribution in [0.15, 0.2) is 16.5 Å². The van der Waals surface area contributed by atoms with Crippen molar-refractivity contribution in [3.63, 3.8) is 0 Å². The van der Waals surface area contributed by atoms with E-state index in [9.17, 15) is 5.11 Å². The Bertz CT molecular complexity index is 278. The van der Waals surface area contributed by atoms with E-state index in [1.54, 1.807) is 12.1 Å². The summed E-state index contributed by atoms with van der Waals surface area (Å²) in [5.74, 6) is 1.27. The summed E-state index contributed by atoms with van der Waals surface area (Å²) < 4.78 is 5.13. The van der Waals surface area contributed by atoms with Crippen molar-refractivity contribution in [2.24, 2.45) is 5.92 Å².